The summed E-state index contributed by atoms with van der Waals surface area (Å²) in [4.78, 5) is 3.63. The van der Waals surface area contributed by atoms with Crippen molar-refractivity contribution in [3.63, 3.8) is 0 Å². The molecule has 0 atom stereocenters. The summed E-state index contributed by atoms with van der Waals surface area (Å²) in [6.07, 6.45) is -1.15. The maximum Gasteiger partial charge on any atom is 0.678 e. The Morgan fingerprint density at radius 3 is 2.25 bits per heavy atom. The Kier molecular flexibility index (Phi) is 4.13. The minimum absolute atomic E-state index is 0.00825. The van der Waals surface area contributed by atoms with Crippen LogP contribution in [0.4, 0.5) is 21.8 Å². The van der Waals surface area contributed by atoms with Crippen LogP contribution in [-0.4, -0.2) is 24.3 Å². The van der Waals surface area contributed by atoms with Gasteiger partial charge >= 0.3 is 13.6 Å². The molecule has 0 saturated heterocycles. The highest BCUT2D eigenvalue weighted by Gasteiger charge is 2.41. The Morgan fingerprint density at radius 1 is 1.00 bits per heavy atom. The van der Waals surface area contributed by atoms with Gasteiger partial charge in [0.25, 0.3) is 0 Å². The van der Waals surface area contributed by atoms with Gasteiger partial charge in [-0.2, -0.15) is 13.2 Å². The summed E-state index contributed by atoms with van der Waals surface area (Å²) in [5.41, 5.74) is -1.78. The summed E-state index contributed by atoms with van der Waals surface area (Å²) in [6.45, 7) is 0. The summed E-state index contributed by atoms with van der Waals surface area (Å²) in [6, 6.07) is 10.4. The van der Waals surface area contributed by atoms with Gasteiger partial charge in [0, 0.05) is 17.6 Å². The van der Waals surface area contributed by atoms with Gasteiger partial charge in [0.1, 0.15) is 5.57 Å². The number of aliphatic imine (C=N–C) groups is 1. The predicted octanol–water partition coefficient (Wildman–Crippen LogP) is 4.84. The van der Waals surface area contributed by atoms with E-state index in [-0.39, 0.29) is 11.4 Å². The van der Waals surface area contributed by atoms with Crippen molar-refractivity contribution in [2.45, 2.75) is 6.18 Å². The Morgan fingerprint density at radius 2 is 1.71 bits per heavy atom. The van der Waals surface area contributed by atoms with Gasteiger partial charge in [0.15, 0.2) is 0 Å². The molecular formula is C16H10BF5N2. The summed E-state index contributed by atoms with van der Waals surface area (Å²) in [5.74, 6) is 0. The Hall–Kier alpha value is -2.64. The summed E-state index contributed by atoms with van der Waals surface area (Å²) in [7, 11) is -3.13. The molecule has 122 valence electrons. The zero-order valence-electron chi connectivity index (χ0n) is 12.1. The number of hydrogen-bond donors (Lipinski definition) is 0. The van der Waals surface area contributed by atoms with Crippen LogP contribution in [0.15, 0.2) is 65.3 Å². The van der Waals surface area contributed by atoms with Crippen molar-refractivity contribution in [2.24, 2.45) is 4.99 Å². The van der Waals surface area contributed by atoms with E-state index in [0.717, 1.165) is 12.1 Å². The van der Waals surface area contributed by atoms with Crippen LogP contribution in [0.5, 0.6) is 0 Å². The molecule has 0 bridgehead atoms. The lowest BCUT2D eigenvalue weighted by atomic mass is 10.1. The van der Waals surface area contributed by atoms with Crippen molar-refractivity contribution in [1.29, 1.82) is 0 Å². The highest BCUT2D eigenvalue weighted by atomic mass is 19.4. The zero-order valence-corrected chi connectivity index (χ0v) is 12.1. The second-order valence-electron chi connectivity index (χ2n) is 5.01. The summed E-state index contributed by atoms with van der Waals surface area (Å²) in [5, 5.41) is 0. The first-order valence-corrected chi connectivity index (χ1v) is 6.97. The first-order chi connectivity index (χ1) is 11.4. The van der Waals surface area contributed by atoms with Gasteiger partial charge in [-0.15, -0.1) is 0 Å². The molecule has 2 heterocycles. The van der Waals surface area contributed by atoms with Crippen LogP contribution in [0.25, 0.3) is 16.8 Å². The van der Waals surface area contributed by atoms with Gasteiger partial charge in [0.2, 0.25) is 0 Å². The third-order valence-corrected chi connectivity index (χ3v) is 3.53. The molecule has 0 radical (unpaired) electrons. The number of hydrogen-bond acceptors (Lipinski definition) is 1. The van der Waals surface area contributed by atoms with Crippen molar-refractivity contribution < 1.29 is 21.8 Å². The van der Waals surface area contributed by atoms with Gasteiger partial charge in [-0.3, -0.25) is 13.6 Å². The monoisotopic (exact) mass is 336 g/mol. The molecule has 1 aliphatic heterocycles. The molecule has 1 aromatic heterocycles. The Bertz CT molecular complexity index is 818. The van der Waals surface area contributed by atoms with Gasteiger partial charge in [0.05, 0.1) is 5.70 Å². The van der Waals surface area contributed by atoms with Crippen molar-refractivity contribution in [3.8, 4) is 11.3 Å². The van der Waals surface area contributed by atoms with Gasteiger partial charge in [-0.05, 0) is 29.8 Å². The van der Waals surface area contributed by atoms with E-state index in [9.17, 15) is 21.8 Å². The fourth-order valence-corrected chi connectivity index (χ4v) is 2.58. The largest absolute Gasteiger partial charge is 0.678 e. The van der Waals surface area contributed by atoms with Crippen molar-refractivity contribution in [3.05, 3.63) is 66.0 Å². The Labute approximate surface area is 134 Å². The van der Waals surface area contributed by atoms with Crippen LogP contribution in [0.3, 0.4) is 0 Å². The third-order valence-electron chi connectivity index (χ3n) is 3.53. The molecule has 0 amide bonds. The molecule has 1 aliphatic rings. The number of aromatic nitrogens is 1. The van der Waals surface area contributed by atoms with Crippen molar-refractivity contribution in [1.82, 2.24) is 4.48 Å². The van der Waals surface area contributed by atoms with E-state index in [0.29, 0.717) is 10.0 Å². The zero-order chi connectivity index (χ0) is 17.3. The van der Waals surface area contributed by atoms with E-state index < -0.39 is 24.8 Å². The van der Waals surface area contributed by atoms with Crippen LogP contribution in [0.2, 0.25) is 0 Å². The molecule has 3 rings (SSSR count). The maximum atomic E-state index is 13.6. The quantitative estimate of drug-likeness (QED) is 0.564. The molecular weight excluding hydrogens is 326 g/mol. The van der Waals surface area contributed by atoms with Crippen molar-refractivity contribution >= 4 is 19.2 Å². The van der Waals surface area contributed by atoms with Crippen LogP contribution in [0, 0.1) is 0 Å². The molecule has 0 spiro atoms. The standard InChI is InChI=1S/C16H10BF5N2/c18-16(19,20)15(12-7-4-10-23-12)14-9-8-13(24(14)17(21)22)11-5-2-1-3-6-11/h1-10H/b15-12+. The van der Waals surface area contributed by atoms with Crippen LogP contribution < -0.4 is 0 Å². The molecule has 0 N–H and O–H groups in total. The smallest absolute Gasteiger partial charge is 0.325 e. The lowest BCUT2D eigenvalue weighted by Crippen LogP contribution is -2.22. The van der Waals surface area contributed by atoms with E-state index in [4.69, 9.17) is 0 Å². The first kappa shape index (κ1) is 16.2. The molecule has 2 nitrogen and oxygen atoms in total. The molecule has 0 saturated carbocycles. The van der Waals surface area contributed by atoms with Gasteiger partial charge in [-0.25, -0.2) is 0 Å². The molecule has 1 aromatic carbocycles. The number of alkyl halides is 3. The second kappa shape index (κ2) is 6.11. The molecule has 24 heavy (non-hydrogen) atoms. The predicted molar refractivity (Wildman–Crippen MR) is 83.8 cm³/mol. The van der Waals surface area contributed by atoms with Crippen LogP contribution in [-0.2, 0) is 0 Å². The van der Waals surface area contributed by atoms with E-state index >= 15 is 0 Å². The van der Waals surface area contributed by atoms with Gasteiger partial charge < -0.3 is 4.48 Å². The molecule has 0 fully saturated rings. The minimum atomic E-state index is -4.82. The lowest BCUT2D eigenvalue weighted by Gasteiger charge is -2.16. The summed E-state index contributed by atoms with van der Waals surface area (Å²) < 4.78 is 68.0. The van der Waals surface area contributed by atoms with E-state index in [2.05, 4.69) is 4.99 Å². The van der Waals surface area contributed by atoms with Crippen LogP contribution in [0.1, 0.15) is 5.69 Å². The summed E-state index contributed by atoms with van der Waals surface area (Å²) >= 11 is 0. The number of nitrogens with zero attached hydrogens (tertiary/aromatic N) is 2. The molecule has 8 heteroatoms. The number of benzene rings is 1. The molecule has 0 unspecified atom stereocenters. The first-order valence-electron chi connectivity index (χ1n) is 6.97. The lowest BCUT2D eigenvalue weighted by molar-refractivity contribution is -0.0696. The van der Waals surface area contributed by atoms with Gasteiger partial charge in [-0.1, -0.05) is 30.3 Å². The average molecular weight is 336 g/mol. The number of halogens is 5. The van der Waals surface area contributed by atoms with Crippen LogP contribution >= 0.6 is 0 Å². The highest BCUT2D eigenvalue weighted by Crippen LogP contribution is 2.40. The number of allylic oxidation sites excluding steroid dienone is 3. The minimum Gasteiger partial charge on any atom is -0.325 e. The maximum absolute atomic E-state index is 13.6. The third kappa shape index (κ3) is 2.91. The average Bonchev–Trinajstić information content (AvgIpc) is 3.17. The number of rotatable bonds is 3. The highest BCUT2D eigenvalue weighted by molar-refractivity contribution is 6.42. The fraction of sp³-hybridized carbons (Fsp3) is 0.0625. The normalized spacial score (nSPS) is 15.9. The topological polar surface area (TPSA) is 17.3 Å². The molecule has 2 aromatic rings. The van der Waals surface area contributed by atoms with E-state index in [1.165, 1.54) is 18.4 Å². The van der Waals surface area contributed by atoms with E-state index in [1.54, 1.807) is 30.3 Å². The van der Waals surface area contributed by atoms with Crippen molar-refractivity contribution in [2.75, 3.05) is 0 Å². The second-order valence-corrected chi connectivity index (χ2v) is 5.01. The fourth-order valence-electron chi connectivity index (χ4n) is 2.58. The SMILES string of the molecule is FB(F)n1c(/C(=C2/C=CC=N2)C(F)(F)F)ccc1-c1ccccc1. The Balaban J connectivity index is 2.25. The molecule has 0 aliphatic carbocycles. The van der Waals surface area contributed by atoms with E-state index in [1.807, 2.05) is 0 Å².